The van der Waals surface area contributed by atoms with Gasteiger partial charge in [0.2, 0.25) is 0 Å². The minimum Gasteiger partial charge on any atom is -0.486 e. The number of nitrogens with zero attached hydrogens (tertiary/aromatic N) is 1. The Labute approximate surface area is 143 Å². The third-order valence-electron chi connectivity index (χ3n) is 5.26. The number of Topliss-reactive ketones (excluding diaryl/α,β-unsaturated/α-hetero) is 1. The van der Waals surface area contributed by atoms with E-state index in [0.717, 1.165) is 49.4 Å². The second-order valence-electron chi connectivity index (χ2n) is 7.15. The summed E-state index contributed by atoms with van der Waals surface area (Å²) in [6.45, 7) is 4.96. The van der Waals surface area contributed by atoms with Crippen LogP contribution in [-0.2, 0) is 6.54 Å². The van der Waals surface area contributed by atoms with Crippen LogP contribution < -0.4 is 4.74 Å². The summed E-state index contributed by atoms with van der Waals surface area (Å²) in [6.07, 6.45) is 2.35. The highest BCUT2D eigenvalue weighted by molar-refractivity contribution is 6.00. The number of carbonyl (C=O) groups is 1. The summed E-state index contributed by atoms with van der Waals surface area (Å²) in [5.41, 5.74) is 2.93. The van der Waals surface area contributed by atoms with Gasteiger partial charge in [-0.1, -0.05) is 36.4 Å². The van der Waals surface area contributed by atoms with Crippen molar-refractivity contribution in [2.24, 2.45) is 0 Å². The Hall–Kier alpha value is -2.13. The third-order valence-corrected chi connectivity index (χ3v) is 5.26. The molecule has 2 aliphatic rings. The molecular weight excluding hydrogens is 298 g/mol. The maximum Gasteiger partial charge on any atom is 0.170 e. The molecule has 0 unspecified atom stereocenters. The van der Waals surface area contributed by atoms with Gasteiger partial charge in [-0.3, -0.25) is 9.69 Å². The first-order valence-electron chi connectivity index (χ1n) is 8.73. The Kier molecular flexibility index (Phi) is 3.89. The fraction of sp³-hybridized carbons (Fsp3) is 0.381. The van der Waals surface area contributed by atoms with Crippen LogP contribution in [0.15, 0.2) is 48.5 Å². The van der Waals surface area contributed by atoms with Gasteiger partial charge in [-0.25, -0.2) is 0 Å². The van der Waals surface area contributed by atoms with Gasteiger partial charge in [-0.15, -0.1) is 0 Å². The number of hydrogen-bond donors (Lipinski definition) is 0. The first-order chi connectivity index (χ1) is 11.6. The van der Waals surface area contributed by atoms with Gasteiger partial charge >= 0.3 is 0 Å². The quantitative estimate of drug-likeness (QED) is 0.837. The van der Waals surface area contributed by atoms with Gasteiger partial charge in [0.1, 0.15) is 11.4 Å². The van der Waals surface area contributed by atoms with Crippen LogP contribution in [-0.4, -0.2) is 29.4 Å². The van der Waals surface area contributed by atoms with Gasteiger partial charge in [0.15, 0.2) is 5.78 Å². The molecule has 0 bridgehead atoms. The first-order valence-corrected chi connectivity index (χ1v) is 8.73. The van der Waals surface area contributed by atoms with E-state index >= 15 is 0 Å². The highest BCUT2D eigenvalue weighted by atomic mass is 16.5. The van der Waals surface area contributed by atoms with Gasteiger partial charge in [-0.2, -0.15) is 0 Å². The van der Waals surface area contributed by atoms with Crippen molar-refractivity contribution in [1.82, 2.24) is 4.90 Å². The summed E-state index contributed by atoms with van der Waals surface area (Å²) in [5, 5.41) is 0. The van der Waals surface area contributed by atoms with Crippen LogP contribution >= 0.6 is 0 Å². The zero-order valence-electron chi connectivity index (χ0n) is 14.1. The summed E-state index contributed by atoms with van der Waals surface area (Å²) in [4.78, 5) is 15.0. The largest absolute Gasteiger partial charge is 0.486 e. The number of benzene rings is 2. The lowest BCUT2D eigenvalue weighted by Crippen LogP contribution is -2.50. The molecule has 2 aromatic carbocycles. The molecule has 2 heterocycles. The zero-order chi connectivity index (χ0) is 16.6. The molecule has 124 valence electrons. The second-order valence-corrected chi connectivity index (χ2v) is 7.15. The van der Waals surface area contributed by atoms with E-state index in [4.69, 9.17) is 4.74 Å². The predicted octanol–water partition coefficient (Wildman–Crippen LogP) is 4.00. The Balaban J connectivity index is 1.46. The second kappa shape index (κ2) is 6.06. The fourth-order valence-electron chi connectivity index (χ4n) is 3.84. The van der Waals surface area contributed by atoms with E-state index in [2.05, 4.69) is 35.2 Å². The van der Waals surface area contributed by atoms with E-state index in [-0.39, 0.29) is 11.4 Å². The molecule has 1 fully saturated rings. The molecule has 0 amide bonds. The molecule has 4 rings (SSSR count). The van der Waals surface area contributed by atoms with E-state index in [1.807, 2.05) is 25.1 Å². The van der Waals surface area contributed by atoms with Crippen molar-refractivity contribution in [2.75, 3.05) is 13.1 Å². The summed E-state index contributed by atoms with van der Waals surface area (Å²) >= 11 is 0. The number of carbonyl (C=O) groups excluding carboxylic acids is 1. The van der Waals surface area contributed by atoms with Crippen molar-refractivity contribution >= 4 is 5.78 Å². The molecule has 0 N–H and O–H groups in total. The SMILES string of the molecule is Cc1ccc2c(c1)OC1(CCN(Cc3ccccc3)CC1)CC2=O. The minimum absolute atomic E-state index is 0.229. The van der Waals surface area contributed by atoms with Crippen molar-refractivity contribution in [2.45, 2.75) is 38.3 Å². The fourth-order valence-corrected chi connectivity index (χ4v) is 3.84. The molecule has 0 saturated carbocycles. The number of ketones is 1. The number of rotatable bonds is 2. The molecule has 0 atom stereocenters. The Morgan fingerprint density at radius 2 is 1.83 bits per heavy atom. The van der Waals surface area contributed by atoms with Crippen LogP contribution in [0.5, 0.6) is 5.75 Å². The monoisotopic (exact) mass is 321 g/mol. The maximum atomic E-state index is 12.5. The molecule has 3 nitrogen and oxygen atoms in total. The first kappa shape index (κ1) is 15.4. The van der Waals surface area contributed by atoms with Gasteiger partial charge < -0.3 is 4.74 Å². The lowest BCUT2D eigenvalue weighted by Gasteiger charge is -2.44. The minimum atomic E-state index is -0.301. The average Bonchev–Trinajstić information content (AvgIpc) is 2.58. The van der Waals surface area contributed by atoms with Crippen molar-refractivity contribution < 1.29 is 9.53 Å². The standard InChI is InChI=1S/C21H23NO2/c1-16-7-8-18-19(23)14-21(24-20(18)13-16)9-11-22(12-10-21)15-17-5-3-2-4-6-17/h2-8,13H,9-12,14-15H2,1H3. The highest BCUT2D eigenvalue weighted by Crippen LogP contribution is 2.39. The Bertz CT molecular complexity index is 746. The van der Waals surface area contributed by atoms with Crippen LogP contribution in [0.4, 0.5) is 0 Å². The molecule has 1 spiro atoms. The van der Waals surface area contributed by atoms with E-state index in [0.29, 0.717) is 6.42 Å². The molecule has 2 aromatic rings. The summed E-state index contributed by atoms with van der Waals surface area (Å²) in [6, 6.07) is 16.5. The van der Waals surface area contributed by atoms with Crippen molar-refractivity contribution in [1.29, 1.82) is 0 Å². The molecule has 24 heavy (non-hydrogen) atoms. The van der Waals surface area contributed by atoms with Crippen LogP contribution in [0.25, 0.3) is 0 Å². The van der Waals surface area contributed by atoms with Crippen LogP contribution in [0.2, 0.25) is 0 Å². The smallest absolute Gasteiger partial charge is 0.170 e. The van der Waals surface area contributed by atoms with Crippen molar-refractivity contribution in [3.8, 4) is 5.75 Å². The van der Waals surface area contributed by atoms with Crippen molar-refractivity contribution in [3.05, 3.63) is 65.2 Å². The number of ether oxygens (including phenoxy) is 1. The molecule has 2 aliphatic heterocycles. The Morgan fingerprint density at radius 3 is 2.58 bits per heavy atom. The van der Waals surface area contributed by atoms with Crippen LogP contribution in [0.3, 0.4) is 0 Å². The van der Waals surface area contributed by atoms with Crippen LogP contribution in [0.1, 0.15) is 40.7 Å². The van der Waals surface area contributed by atoms with E-state index in [1.54, 1.807) is 0 Å². The number of fused-ring (bicyclic) bond motifs is 1. The summed E-state index contributed by atoms with van der Waals surface area (Å²) in [7, 11) is 0. The van der Waals surface area contributed by atoms with Crippen molar-refractivity contribution in [3.63, 3.8) is 0 Å². The lowest BCUT2D eigenvalue weighted by atomic mass is 9.82. The normalized spacial score (nSPS) is 19.8. The van der Waals surface area contributed by atoms with Gasteiger partial charge in [-0.05, 0) is 30.2 Å². The van der Waals surface area contributed by atoms with Crippen LogP contribution in [0, 0.1) is 6.92 Å². The maximum absolute atomic E-state index is 12.5. The molecule has 0 radical (unpaired) electrons. The highest BCUT2D eigenvalue weighted by Gasteiger charge is 2.42. The number of aryl methyl sites for hydroxylation is 1. The topological polar surface area (TPSA) is 29.5 Å². The molecule has 0 aliphatic carbocycles. The predicted molar refractivity (Wildman–Crippen MR) is 94.4 cm³/mol. The number of likely N-dealkylation sites (tertiary alicyclic amines) is 1. The van der Waals surface area contributed by atoms with E-state index in [9.17, 15) is 4.79 Å². The number of hydrogen-bond acceptors (Lipinski definition) is 3. The molecule has 1 saturated heterocycles. The zero-order valence-corrected chi connectivity index (χ0v) is 14.1. The molecular formula is C21H23NO2. The van der Waals surface area contributed by atoms with E-state index in [1.165, 1.54) is 5.56 Å². The summed E-state index contributed by atoms with van der Waals surface area (Å²) < 4.78 is 6.36. The molecule has 3 heteroatoms. The van der Waals surface area contributed by atoms with E-state index < -0.39 is 0 Å². The average molecular weight is 321 g/mol. The Morgan fingerprint density at radius 1 is 1.08 bits per heavy atom. The molecule has 0 aromatic heterocycles. The third kappa shape index (κ3) is 2.96. The van der Waals surface area contributed by atoms with Gasteiger partial charge in [0.25, 0.3) is 0 Å². The van der Waals surface area contributed by atoms with Gasteiger partial charge in [0, 0.05) is 32.5 Å². The van der Waals surface area contributed by atoms with Gasteiger partial charge in [0.05, 0.1) is 12.0 Å². The number of piperidine rings is 1. The summed E-state index contributed by atoms with van der Waals surface area (Å²) in [5.74, 6) is 1.01. The lowest BCUT2D eigenvalue weighted by molar-refractivity contribution is -0.0108.